The average Bonchev–Trinajstić information content (AvgIpc) is 3.32. The van der Waals surface area contributed by atoms with Crippen LogP contribution in [0.5, 0.6) is 17.2 Å². The van der Waals surface area contributed by atoms with Crippen molar-refractivity contribution in [2.24, 2.45) is 0 Å². The lowest BCUT2D eigenvalue weighted by molar-refractivity contribution is 0.304. The fraction of sp³-hybridized carbons (Fsp3) is 0.111. The minimum absolute atomic E-state index is 0.146. The van der Waals surface area contributed by atoms with Gasteiger partial charge in [0.1, 0.15) is 23.7 Å². The lowest BCUT2D eigenvalue weighted by Crippen LogP contribution is -2.08. The van der Waals surface area contributed by atoms with E-state index in [1.54, 1.807) is 36.1 Å². The molecule has 0 bridgehead atoms. The van der Waals surface area contributed by atoms with Crippen molar-refractivity contribution in [3.8, 4) is 22.9 Å². The van der Waals surface area contributed by atoms with Crippen LogP contribution in [0.1, 0.15) is 16.9 Å². The standard InChI is InChI=1S/C27H22N2O4/c1-18-24(31-17-20-9-5-3-6-10-20)14-13-23-25(30)27(19(2)32-26(18)23)33-22-15-28-29(16-22)21-11-7-4-8-12-21/h3-16H,17H2,1-2H3. The summed E-state index contributed by atoms with van der Waals surface area (Å²) in [6.07, 6.45) is 3.30. The summed E-state index contributed by atoms with van der Waals surface area (Å²) in [5, 5.41) is 4.76. The third-order valence-electron chi connectivity index (χ3n) is 5.42. The number of ether oxygens (including phenoxy) is 2. The minimum Gasteiger partial charge on any atom is -0.488 e. The molecule has 33 heavy (non-hydrogen) atoms. The highest BCUT2D eigenvalue weighted by molar-refractivity contribution is 5.83. The van der Waals surface area contributed by atoms with E-state index in [1.807, 2.05) is 67.6 Å². The molecule has 0 fully saturated rings. The molecular weight excluding hydrogens is 416 g/mol. The van der Waals surface area contributed by atoms with Crippen LogP contribution in [0.3, 0.4) is 0 Å². The smallest absolute Gasteiger partial charge is 0.235 e. The molecule has 0 saturated carbocycles. The number of hydrogen-bond donors (Lipinski definition) is 0. The highest BCUT2D eigenvalue weighted by Gasteiger charge is 2.18. The van der Waals surface area contributed by atoms with Crippen LogP contribution in [0, 0.1) is 13.8 Å². The zero-order valence-corrected chi connectivity index (χ0v) is 18.3. The zero-order chi connectivity index (χ0) is 22.8. The molecule has 0 N–H and O–H groups in total. The van der Waals surface area contributed by atoms with Gasteiger partial charge in [0.2, 0.25) is 11.2 Å². The number of para-hydroxylation sites is 1. The number of aryl methyl sites for hydroxylation is 2. The van der Waals surface area contributed by atoms with Crippen molar-refractivity contribution < 1.29 is 13.9 Å². The summed E-state index contributed by atoms with van der Waals surface area (Å²) < 4.78 is 19.6. The monoisotopic (exact) mass is 438 g/mol. The Morgan fingerprint density at radius 3 is 2.42 bits per heavy atom. The largest absolute Gasteiger partial charge is 0.488 e. The Bertz CT molecular complexity index is 1470. The van der Waals surface area contributed by atoms with Gasteiger partial charge in [-0.05, 0) is 43.7 Å². The molecule has 0 aliphatic carbocycles. The second-order valence-electron chi connectivity index (χ2n) is 7.71. The Kier molecular flexibility index (Phi) is 5.40. The van der Waals surface area contributed by atoms with E-state index in [9.17, 15) is 4.79 Å². The first-order valence-electron chi connectivity index (χ1n) is 10.6. The number of hydrogen-bond acceptors (Lipinski definition) is 5. The summed E-state index contributed by atoms with van der Waals surface area (Å²) >= 11 is 0. The SMILES string of the molecule is Cc1oc2c(C)c(OCc3ccccc3)ccc2c(=O)c1Oc1cnn(-c2ccccc2)c1. The van der Waals surface area contributed by atoms with Crippen LogP contribution in [0.4, 0.5) is 0 Å². The number of benzene rings is 3. The van der Waals surface area contributed by atoms with Crippen molar-refractivity contribution in [3.05, 3.63) is 112 Å². The van der Waals surface area contributed by atoms with Crippen LogP contribution in [-0.2, 0) is 6.61 Å². The van der Waals surface area contributed by atoms with E-state index in [4.69, 9.17) is 13.9 Å². The van der Waals surface area contributed by atoms with Gasteiger partial charge < -0.3 is 13.9 Å². The highest BCUT2D eigenvalue weighted by Crippen LogP contribution is 2.31. The molecule has 5 aromatic rings. The fourth-order valence-electron chi connectivity index (χ4n) is 3.67. The Hall–Kier alpha value is -4.32. The molecule has 0 saturated heterocycles. The average molecular weight is 438 g/mol. The van der Waals surface area contributed by atoms with E-state index in [1.165, 1.54) is 0 Å². The maximum atomic E-state index is 13.2. The molecule has 0 amide bonds. The van der Waals surface area contributed by atoms with E-state index in [-0.39, 0.29) is 11.2 Å². The molecule has 0 aliphatic heterocycles. The molecule has 0 atom stereocenters. The van der Waals surface area contributed by atoms with E-state index < -0.39 is 0 Å². The first kappa shape index (κ1) is 20.6. The summed E-state index contributed by atoms with van der Waals surface area (Å²) in [6, 6.07) is 23.1. The molecule has 5 rings (SSSR count). The molecule has 0 unspecified atom stereocenters. The molecule has 164 valence electrons. The fourth-order valence-corrected chi connectivity index (χ4v) is 3.67. The third kappa shape index (κ3) is 4.11. The lowest BCUT2D eigenvalue weighted by atomic mass is 10.1. The summed E-state index contributed by atoms with van der Waals surface area (Å²) in [4.78, 5) is 13.2. The van der Waals surface area contributed by atoms with Gasteiger partial charge in [0, 0.05) is 5.56 Å². The molecular formula is C27H22N2O4. The number of rotatable bonds is 6. The molecule has 0 spiro atoms. The van der Waals surface area contributed by atoms with Crippen molar-refractivity contribution in [1.29, 1.82) is 0 Å². The van der Waals surface area contributed by atoms with E-state index >= 15 is 0 Å². The van der Waals surface area contributed by atoms with E-state index in [2.05, 4.69) is 5.10 Å². The molecule has 0 aliphatic rings. The van der Waals surface area contributed by atoms with Gasteiger partial charge in [0.15, 0.2) is 5.75 Å². The maximum absolute atomic E-state index is 13.2. The third-order valence-corrected chi connectivity index (χ3v) is 5.42. The Morgan fingerprint density at radius 1 is 0.939 bits per heavy atom. The summed E-state index contributed by atoms with van der Waals surface area (Å²) in [5.74, 6) is 1.66. The van der Waals surface area contributed by atoms with Crippen molar-refractivity contribution in [2.75, 3.05) is 0 Å². The van der Waals surface area contributed by atoms with Gasteiger partial charge in [-0.3, -0.25) is 4.79 Å². The van der Waals surface area contributed by atoms with Crippen LogP contribution in [0.2, 0.25) is 0 Å². The second kappa shape index (κ2) is 8.67. The molecule has 0 radical (unpaired) electrons. The van der Waals surface area contributed by atoms with Crippen molar-refractivity contribution >= 4 is 11.0 Å². The van der Waals surface area contributed by atoms with Crippen LogP contribution >= 0.6 is 0 Å². The first-order valence-corrected chi connectivity index (χ1v) is 10.6. The summed E-state index contributed by atoms with van der Waals surface area (Å²) in [7, 11) is 0. The highest BCUT2D eigenvalue weighted by atomic mass is 16.5. The predicted octanol–water partition coefficient (Wildman–Crippen LogP) is 5.97. The number of aromatic nitrogens is 2. The van der Waals surface area contributed by atoms with Gasteiger partial charge >= 0.3 is 0 Å². The Balaban J connectivity index is 1.44. The van der Waals surface area contributed by atoms with Gasteiger partial charge in [0.25, 0.3) is 0 Å². The molecule has 2 aromatic heterocycles. The molecule has 3 aromatic carbocycles. The summed E-state index contributed by atoms with van der Waals surface area (Å²) in [5.41, 5.74) is 2.99. The number of fused-ring (bicyclic) bond motifs is 1. The zero-order valence-electron chi connectivity index (χ0n) is 18.3. The molecule has 6 nitrogen and oxygen atoms in total. The van der Waals surface area contributed by atoms with Gasteiger partial charge in [-0.25, -0.2) is 4.68 Å². The van der Waals surface area contributed by atoms with Crippen molar-refractivity contribution in [2.45, 2.75) is 20.5 Å². The number of nitrogens with zero attached hydrogens (tertiary/aromatic N) is 2. The molecule has 6 heteroatoms. The van der Waals surface area contributed by atoms with Gasteiger partial charge in [-0.1, -0.05) is 48.5 Å². The van der Waals surface area contributed by atoms with Crippen molar-refractivity contribution in [1.82, 2.24) is 9.78 Å². The summed E-state index contributed by atoms with van der Waals surface area (Å²) in [6.45, 7) is 4.03. The van der Waals surface area contributed by atoms with E-state index in [0.29, 0.717) is 34.8 Å². The Morgan fingerprint density at radius 2 is 1.67 bits per heavy atom. The van der Waals surface area contributed by atoms with Crippen LogP contribution in [-0.4, -0.2) is 9.78 Å². The lowest BCUT2D eigenvalue weighted by Gasteiger charge is -2.12. The Labute approximate surface area is 190 Å². The van der Waals surface area contributed by atoms with Crippen LogP contribution in [0.15, 0.2) is 94.4 Å². The molecule has 2 heterocycles. The van der Waals surface area contributed by atoms with Crippen LogP contribution in [0.25, 0.3) is 16.7 Å². The maximum Gasteiger partial charge on any atom is 0.235 e. The topological polar surface area (TPSA) is 66.5 Å². The van der Waals surface area contributed by atoms with Gasteiger partial charge in [0.05, 0.1) is 23.5 Å². The van der Waals surface area contributed by atoms with E-state index in [0.717, 1.165) is 16.8 Å². The minimum atomic E-state index is -0.237. The van der Waals surface area contributed by atoms with Gasteiger partial charge in [-0.2, -0.15) is 5.10 Å². The van der Waals surface area contributed by atoms with Gasteiger partial charge in [-0.15, -0.1) is 0 Å². The van der Waals surface area contributed by atoms with Crippen LogP contribution < -0.4 is 14.9 Å². The first-order chi connectivity index (χ1) is 16.1. The second-order valence-corrected chi connectivity index (χ2v) is 7.71. The normalized spacial score (nSPS) is 11.0. The van der Waals surface area contributed by atoms with Crippen molar-refractivity contribution in [3.63, 3.8) is 0 Å². The predicted molar refractivity (Wildman–Crippen MR) is 126 cm³/mol. The quantitative estimate of drug-likeness (QED) is 0.327.